The van der Waals surface area contributed by atoms with Crippen LogP contribution in [0, 0.1) is 11.8 Å². The molecular weight excluding hydrogens is 212 g/mol. The Hall–Kier alpha value is -0.530. The lowest BCUT2D eigenvalue weighted by Crippen LogP contribution is -2.22. The molecule has 0 amide bonds. The fraction of sp³-hybridized carbons (Fsp3) is 0.933. The summed E-state index contributed by atoms with van der Waals surface area (Å²) in [6.07, 6.45) is 5.67. The minimum Gasteiger partial charge on any atom is -0.466 e. The van der Waals surface area contributed by atoms with E-state index in [9.17, 15) is 4.79 Å². The zero-order chi connectivity index (χ0) is 13.7. The van der Waals surface area contributed by atoms with Gasteiger partial charge in [-0.25, -0.2) is 0 Å². The fourth-order valence-electron chi connectivity index (χ4n) is 1.76. The number of ether oxygens (including phenoxy) is 1. The van der Waals surface area contributed by atoms with Crippen molar-refractivity contribution in [2.24, 2.45) is 11.8 Å². The number of carbonyl (C=O) groups excluding carboxylic acids is 1. The quantitative estimate of drug-likeness (QED) is 0.651. The molecule has 0 saturated heterocycles. The van der Waals surface area contributed by atoms with Crippen LogP contribution in [-0.2, 0) is 9.53 Å². The van der Waals surface area contributed by atoms with Gasteiger partial charge < -0.3 is 4.74 Å². The van der Waals surface area contributed by atoms with Gasteiger partial charge in [-0.1, -0.05) is 41.0 Å². The summed E-state index contributed by atoms with van der Waals surface area (Å²) in [4.78, 5) is 11.3. The van der Waals surface area contributed by atoms with Crippen LogP contribution in [0.3, 0.4) is 0 Å². The number of hydrogen-bond acceptors (Lipinski definition) is 2. The second-order valence-electron chi connectivity index (χ2n) is 4.42. The van der Waals surface area contributed by atoms with E-state index in [1.54, 1.807) is 0 Å². The van der Waals surface area contributed by atoms with Crippen LogP contribution in [0.2, 0.25) is 0 Å². The molecule has 0 aromatic heterocycles. The number of esters is 1. The Morgan fingerprint density at radius 2 is 1.47 bits per heavy atom. The smallest absolute Gasteiger partial charge is 0.308 e. The van der Waals surface area contributed by atoms with E-state index in [4.69, 9.17) is 4.74 Å². The molecule has 1 fully saturated rings. The third-order valence-corrected chi connectivity index (χ3v) is 2.64. The van der Waals surface area contributed by atoms with Crippen molar-refractivity contribution in [3.05, 3.63) is 0 Å². The van der Waals surface area contributed by atoms with Crippen LogP contribution in [0.1, 0.15) is 73.6 Å². The minimum atomic E-state index is 0.0180. The molecule has 0 radical (unpaired) electrons. The van der Waals surface area contributed by atoms with Crippen LogP contribution in [0.15, 0.2) is 0 Å². The van der Waals surface area contributed by atoms with Crippen molar-refractivity contribution in [1.29, 1.82) is 0 Å². The van der Waals surface area contributed by atoms with Crippen LogP contribution < -0.4 is 0 Å². The van der Waals surface area contributed by atoms with E-state index in [1.165, 1.54) is 19.3 Å². The molecule has 17 heavy (non-hydrogen) atoms. The number of hydrogen-bond donors (Lipinski definition) is 0. The molecule has 0 heterocycles. The normalized spacial score (nSPS) is 22.5. The molecule has 2 nitrogen and oxygen atoms in total. The summed E-state index contributed by atoms with van der Waals surface area (Å²) < 4.78 is 4.98. The Morgan fingerprint density at radius 3 is 1.82 bits per heavy atom. The molecule has 0 aromatic rings. The van der Waals surface area contributed by atoms with E-state index in [0.717, 1.165) is 18.8 Å². The first-order valence-electron chi connectivity index (χ1n) is 7.32. The van der Waals surface area contributed by atoms with E-state index in [0.29, 0.717) is 6.61 Å². The van der Waals surface area contributed by atoms with Gasteiger partial charge in [-0.3, -0.25) is 4.79 Å². The Bertz CT molecular complexity index is 158. The van der Waals surface area contributed by atoms with Gasteiger partial charge in [0.05, 0.1) is 12.5 Å². The van der Waals surface area contributed by atoms with Gasteiger partial charge in [0, 0.05) is 0 Å². The Kier molecular flexibility index (Phi) is 15.0. The molecule has 0 spiro atoms. The first kappa shape index (κ1) is 18.8. The van der Waals surface area contributed by atoms with Crippen molar-refractivity contribution in [2.45, 2.75) is 73.6 Å². The van der Waals surface area contributed by atoms with Crippen molar-refractivity contribution >= 4 is 5.97 Å². The summed E-state index contributed by atoms with van der Waals surface area (Å²) in [6.45, 7) is 12.9. The average Bonchev–Trinajstić information content (AvgIpc) is 2.34. The van der Waals surface area contributed by atoms with Gasteiger partial charge in [-0.05, 0) is 38.5 Å². The Morgan fingerprint density at radius 1 is 1.06 bits per heavy atom. The van der Waals surface area contributed by atoms with Crippen molar-refractivity contribution in [3.63, 3.8) is 0 Å². The lowest BCUT2D eigenvalue weighted by molar-refractivity contribution is -0.149. The third-order valence-electron chi connectivity index (χ3n) is 2.64. The maximum absolute atomic E-state index is 11.3. The topological polar surface area (TPSA) is 26.3 Å². The van der Waals surface area contributed by atoms with Crippen molar-refractivity contribution in [3.8, 4) is 0 Å². The highest BCUT2D eigenvalue weighted by Gasteiger charge is 2.24. The lowest BCUT2D eigenvalue weighted by atomic mass is 9.83. The lowest BCUT2D eigenvalue weighted by Gasteiger charge is -2.24. The van der Waals surface area contributed by atoms with Gasteiger partial charge in [-0.15, -0.1) is 0 Å². The number of carbonyl (C=O) groups is 1. The van der Waals surface area contributed by atoms with Crippen LogP contribution in [-0.4, -0.2) is 12.6 Å². The van der Waals surface area contributed by atoms with Crippen LogP contribution in [0.5, 0.6) is 0 Å². The molecule has 0 atom stereocenters. The third kappa shape index (κ3) is 10.3. The first-order valence-corrected chi connectivity index (χ1v) is 7.32. The van der Waals surface area contributed by atoms with Crippen LogP contribution in [0.25, 0.3) is 0 Å². The van der Waals surface area contributed by atoms with Crippen molar-refractivity contribution < 1.29 is 9.53 Å². The zero-order valence-corrected chi connectivity index (χ0v) is 12.7. The summed E-state index contributed by atoms with van der Waals surface area (Å²) in [6, 6.07) is 0. The van der Waals surface area contributed by atoms with E-state index in [2.05, 4.69) is 20.8 Å². The molecule has 1 rings (SSSR count). The van der Waals surface area contributed by atoms with Gasteiger partial charge in [0.2, 0.25) is 0 Å². The summed E-state index contributed by atoms with van der Waals surface area (Å²) in [5.74, 6) is 1.02. The average molecular weight is 244 g/mol. The van der Waals surface area contributed by atoms with Gasteiger partial charge >= 0.3 is 5.97 Å². The molecule has 0 N–H and O–H groups in total. The molecular formula is C15H32O2. The van der Waals surface area contributed by atoms with Gasteiger partial charge in [0.1, 0.15) is 0 Å². The molecule has 1 aliphatic rings. The summed E-state index contributed by atoms with van der Waals surface area (Å²) in [5, 5.41) is 0. The van der Waals surface area contributed by atoms with Gasteiger partial charge in [0.15, 0.2) is 0 Å². The standard InChI is InChI=1S/C10H18O2.C3H8.C2H6/c1-3-12-10(11)9-6-4-8(2)5-7-9;1-3-2;1-2/h8-9H,3-7H2,1-2H3;3H2,1-2H3;1-2H3. The number of rotatable bonds is 2. The maximum Gasteiger partial charge on any atom is 0.308 e. The highest BCUT2D eigenvalue weighted by Crippen LogP contribution is 2.28. The largest absolute Gasteiger partial charge is 0.466 e. The van der Waals surface area contributed by atoms with Gasteiger partial charge in [0.25, 0.3) is 0 Å². The van der Waals surface area contributed by atoms with E-state index >= 15 is 0 Å². The molecule has 0 aliphatic heterocycles. The molecule has 0 unspecified atom stereocenters. The van der Waals surface area contributed by atoms with Gasteiger partial charge in [-0.2, -0.15) is 0 Å². The highest BCUT2D eigenvalue weighted by atomic mass is 16.5. The molecule has 104 valence electrons. The molecule has 0 bridgehead atoms. The SMILES string of the molecule is CC.CCC.CCOC(=O)C1CCC(C)CC1. The summed E-state index contributed by atoms with van der Waals surface area (Å²) in [5.41, 5.74) is 0. The molecule has 0 aromatic carbocycles. The predicted octanol–water partition coefficient (Wildman–Crippen LogP) is 4.82. The zero-order valence-electron chi connectivity index (χ0n) is 12.7. The fourth-order valence-corrected chi connectivity index (χ4v) is 1.76. The maximum atomic E-state index is 11.3. The van der Waals surface area contributed by atoms with Crippen LogP contribution in [0.4, 0.5) is 0 Å². The highest BCUT2D eigenvalue weighted by molar-refractivity contribution is 5.72. The monoisotopic (exact) mass is 244 g/mol. The Balaban J connectivity index is 0. The molecule has 1 aliphatic carbocycles. The summed E-state index contributed by atoms with van der Waals surface area (Å²) in [7, 11) is 0. The minimum absolute atomic E-state index is 0.0180. The predicted molar refractivity (Wildman–Crippen MR) is 75.1 cm³/mol. The van der Waals surface area contributed by atoms with E-state index in [1.807, 2.05) is 20.8 Å². The van der Waals surface area contributed by atoms with Crippen LogP contribution >= 0.6 is 0 Å². The second kappa shape index (κ2) is 13.5. The summed E-state index contributed by atoms with van der Waals surface area (Å²) >= 11 is 0. The van der Waals surface area contributed by atoms with E-state index < -0.39 is 0 Å². The van der Waals surface area contributed by atoms with E-state index in [-0.39, 0.29) is 11.9 Å². The Labute approximate surface area is 108 Å². The van der Waals surface area contributed by atoms with Crippen molar-refractivity contribution in [2.75, 3.05) is 6.61 Å². The molecule has 1 saturated carbocycles. The first-order chi connectivity index (χ1) is 8.15. The van der Waals surface area contributed by atoms with Crippen molar-refractivity contribution in [1.82, 2.24) is 0 Å². The second-order valence-corrected chi connectivity index (χ2v) is 4.42. The molecule has 2 heteroatoms.